The molecule has 10 heteroatoms. The lowest BCUT2D eigenvalue weighted by Crippen LogP contribution is -2.47. The summed E-state index contributed by atoms with van der Waals surface area (Å²) in [5.74, 6) is -0.545. The molecule has 0 aromatic heterocycles. The van der Waals surface area contributed by atoms with Gasteiger partial charge in [-0.2, -0.15) is 0 Å². The molecule has 382 valence electrons. The fourth-order valence-electron chi connectivity index (χ4n) is 7.85. The van der Waals surface area contributed by atoms with Crippen molar-refractivity contribution >= 4 is 19.7 Å². The Morgan fingerprint density at radius 3 is 1.46 bits per heavy atom. The zero-order valence-electron chi connectivity index (χ0n) is 43.4. The van der Waals surface area contributed by atoms with Gasteiger partial charge in [-0.05, 0) is 57.4 Å². The van der Waals surface area contributed by atoms with E-state index in [1.54, 1.807) is 0 Å². The molecule has 3 unspecified atom stereocenters. The van der Waals surface area contributed by atoms with Crippen LogP contribution in [0.25, 0.3) is 0 Å². The minimum atomic E-state index is -4.69. The van der Waals surface area contributed by atoms with Crippen LogP contribution >= 0.6 is 7.82 Å². The number of carbonyl (C=O) groups is 2. The molecule has 3 atom stereocenters. The minimum Gasteiger partial charge on any atom is -0.756 e. The van der Waals surface area contributed by atoms with Crippen molar-refractivity contribution in [1.82, 2.24) is 5.32 Å². The van der Waals surface area contributed by atoms with E-state index in [9.17, 15) is 19.0 Å². The molecule has 9 nitrogen and oxygen atoms in total. The summed E-state index contributed by atoms with van der Waals surface area (Å²) in [4.78, 5) is 39.7. The Bertz CT molecular complexity index is 1220. The van der Waals surface area contributed by atoms with Crippen LogP contribution in [-0.4, -0.2) is 69.4 Å². The first-order valence-corrected chi connectivity index (χ1v) is 28.8. The monoisotopic (exact) mass is 937 g/mol. The number of quaternary nitrogens is 1. The summed E-state index contributed by atoms with van der Waals surface area (Å²) >= 11 is 0. The summed E-state index contributed by atoms with van der Waals surface area (Å²) < 4.78 is 30.1. The second-order valence-electron chi connectivity index (χ2n) is 19.7. The van der Waals surface area contributed by atoms with Crippen LogP contribution in [0, 0.1) is 0 Å². The topological polar surface area (TPSA) is 114 Å². The molecule has 1 amide bonds. The molecule has 0 bridgehead atoms. The number of allylic oxidation sites excluding steroid dienone is 5. The number of hydrogen-bond donors (Lipinski definition) is 1. The zero-order chi connectivity index (χ0) is 48.0. The maximum Gasteiger partial charge on any atom is 0.306 e. The summed E-state index contributed by atoms with van der Waals surface area (Å²) in [5.41, 5.74) is 0. The maximum atomic E-state index is 13.4. The van der Waals surface area contributed by atoms with Crippen molar-refractivity contribution in [2.24, 2.45) is 0 Å². The van der Waals surface area contributed by atoms with Crippen LogP contribution in [0.2, 0.25) is 0 Å². The Labute approximate surface area is 402 Å². The number of unbranched alkanes of at least 4 members (excludes halogenated alkanes) is 29. The number of esters is 1. The quantitative estimate of drug-likeness (QED) is 0.0212. The van der Waals surface area contributed by atoms with Gasteiger partial charge in [-0.25, -0.2) is 0 Å². The van der Waals surface area contributed by atoms with E-state index in [1.165, 1.54) is 135 Å². The van der Waals surface area contributed by atoms with Gasteiger partial charge in [-0.3, -0.25) is 14.2 Å². The molecule has 0 fully saturated rings. The van der Waals surface area contributed by atoms with E-state index in [4.69, 9.17) is 13.8 Å². The molecule has 65 heavy (non-hydrogen) atoms. The molecule has 1 N–H and O–H groups in total. The number of amides is 1. The molecule has 0 aromatic carbocycles. The molecule has 0 aliphatic carbocycles. The van der Waals surface area contributed by atoms with Gasteiger partial charge < -0.3 is 28.5 Å². The van der Waals surface area contributed by atoms with Crippen molar-refractivity contribution < 1.29 is 37.3 Å². The predicted molar refractivity (Wildman–Crippen MR) is 275 cm³/mol. The second kappa shape index (κ2) is 46.0. The van der Waals surface area contributed by atoms with Crippen molar-refractivity contribution in [3.05, 3.63) is 36.5 Å². The molecule has 0 saturated carbocycles. The highest BCUT2D eigenvalue weighted by Gasteiger charge is 2.27. The third-order valence-corrected chi connectivity index (χ3v) is 13.0. The number of rotatable bonds is 49. The molecule has 0 rings (SSSR count). The molecule has 0 radical (unpaired) electrons. The summed E-state index contributed by atoms with van der Waals surface area (Å²) in [6, 6.07) is -0.886. The van der Waals surface area contributed by atoms with Crippen molar-refractivity contribution in [3.63, 3.8) is 0 Å². The van der Waals surface area contributed by atoms with Gasteiger partial charge in [0.25, 0.3) is 7.82 Å². The summed E-state index contributed by atoms with van der Waals surface area (Å²) in [5, 5.41) is 3.01. The normalized spacial score (nSPS) is 14.1. The number of nitrogens with one attached hydrogen (secondary N) is 1. The molecule has 0 aliphatic heterocycles. The maximum absolute atomic E-state index is 13.4. The highest BCUT2D eigenvalue weighted by molar-refractivity contribution is 7.45. The number of hydrogen-bond acceptors (Lipinski definition) is 7. The average molecular weight is 937 g/mol. The summed E-state index contributed by atoms with van der Waals surface area (Å²) in [6.07, 6.45) is 52.5. The first-order valence-electron chi connectivity index (χ1n) is 27.3. The van der Waals surface area contributed by atoms with E-state index in [0.717, 1.165) is 83.5 Å². The van der Waals surface area contributed by atoms with Crippen molar-refractivity contribution in [1.29, 1.82) is 0 Å². The van der Waals surface area contributed by atoms with E-state index in [2.05, 4.69) is 50.4 Å². The van der Waals surface area contributed by atoms with Crippen molar-refractivity contribution in [2.45, 2.75) is 264 Å². The molecular weight excluding hydrogens is 832 g/mol. The van der Waals surface area contributed by atoms with E-state index in [0.29, 0.717) is 17.4 Å². The van der Waals surface area contributed by atoms with Gasteiger partial charge in [-0.1, -0.05) is 218 Å². The highest BCUT2D eigenvalue weighted by atomic mass is 31.2. The Hall–Kier alpha value is -1.77. The SMILES string of the molecule is CC/C=C/C/C=C/CCCCCCCCCC(=O)NC(COP(=O)([O-])OCC[N+](C)(C)C)C(/C=C/CCCCCCCCCCC)OC(=O)CCCCCCCCCCCCCCCC. The second-order valence-corrected chi connectivity index (χ2v) is 21.1. The largest absolute Gasteiger partial charge is 0.756 e. The predicted octanol–water partition coefficient (Wildman–Crippen LogP) is 15.4. The van der Waals surface area contributed by atoms with E-state index >= 15 is 0 Å². The van der Waals surface area contributed by atoms with E-state index < -0.39 is 20.0 Å². The first kappa shape index (κ1) is 63.2. The van der Waals surface area contributed by atoms with E-state index in [-0.39, 0.29) is 31.5 Å². The van der Waals surface area contributed by atoms with Gasteiger partial charge in [0.1, 0.15) is 19.3 Å². The molecule has 0 heterocycles. The fraction of sp³-hybridized carbons (Fsp3) is 0.855. The summed E-state index contributed by atoms with van der Waals surface area (Å²) in [6.45, 7) is 6.73. The molecule has 0 aliphatic rings. The Balaban J connectivity index is 5.36. The van der Waals surface area contributed by atoms with Gasteiger partial charge in [-0.15, -0.1) is 0 Å². The lowest BCUT2D eigenvalue weighted by Gasteiger charge is -2.30. The number of carbonyl (C=O) groups excluding carboxylic acids is 2. The molecular formula is C55H105N2O7P. The smallest absolute Gasteiger partial charge is 0.306 e. The Morgan fingerprint density at radius 2 is 0.985 bits per heavy atom. The number of phosphoric acid groups is 1. The standard InChI is InChI=1S/C55H105N2O7P/c1-7-10-13-16-19-22-25-27-29-32-35-38-41-44-47-54(58)56-52(51-63-65(60,61)62-50-49-57(4,5)6)53(46-43-40-37-34-31-24-21-18-15-12-9-3)64-55(59)48-45-42-39-36-33-30-28-26-23-20-17-14-11-8-2/h10,13,19,22,43,46,52-53H,7-9,11-12,14-18,20-21,23-42,44-45,47-51H2,1-6H3,(H-,56,58,60,61)/b13-10+,22-19+,46-43+. The molecule has 0 saturated heterocycles. The minimum absolute atomic E-state index is 0.0223. The Morgan fingerprint density at radius 1 is 0.554 bits per heavy atom. The third kappa shape index (κ3) is 47.1. The van der Waals surface area contributed by atoms with Crippen molar-refractivity contribution in [2.75, 3.05) is 40.9 Å². The number of nitrogens with zero attached hydrogens (tertiary/aromatic N) is 1. The van der Waals surface area contributed by atoms with Crippen LogP contribution in [0.15, 0.2) is 36.5 Å². The van der Waals surface area contributed by atoms with Crippen LogP contribution in [0.3, 0.4) is 0 Å². The van der Waals surface area contributed by atoms with Crippen LogP contribution in [0.1, 0.15) is 252 Å². The van der Waals surface area contributed by atoms with Crippen molar-refractivity contribution in [3.8, 4) is 0 Å². The van der Waals surface area contributed by atoms with Gasteiger partial charge in [0.05, 0.1) is 33.8 Å². The number of ether oxygens (including phenoxy) is 1. The van der Waals surface area contributed by atoms with Gasteiger partial charge in [0.15, 0.2) is 0 Å². The van der Waals surface area contributed by atoms with Crippen LogP contribution < -0.4 is 10.2 Å². The van der Waals surface area contributed by atoms with Gasteiger partial charge >= 0.3 is 5.97 Å². The summed E-state index contributed by atoms with van der Waals surface area (Å²) in [7, 11) is 1.18. The van der Waals surface area contributed by atoms with Crippen LogP contribution in [0.5, 0.6) is 0 Å². The van der Waals surface area contributed by atoms with Crippen LogP contribution in [0.4, 0.5) is 0 Å². The Kier molecular flexibility index (Phi) is 44.7. The molecule has 0 aromatic rings. The third-order valence-electron chi connectivity index (χ3n) is 12.1. The van der Waals surface area contributed by atoms with Crippen LogP contribution in [-0.2, 0) is 27.9 Å². The number of likely N-dealkylation sites (N-methyl/N-ethyl adjacent to an activating group) is 1. The zero-order valence-corrected chi connectivity index (χ0v) is 44.3. The van der Waals surface area contributed by atoms with Gasteiger partial charge in [0, 0.05) is 12.8 Å². The average Bonchev–Trinajstić information content (AvgIpc) is 3.26. The lowest BCUT2D eigenvalue weighted by molar-refractivity contribution is -0.870. The van der Waals surface area contributed by atoms with Gasteiger partial charge in [0.2, 0.25) is 5.91 Å². The molecule has 0 spiro atoms. The highest BCUT2D eigenvalue weighted by Crippen LogP contribution is 2.38. The van der Waals surface area contributed by atoms with E-state index in [1.807, 2.05) is 33.3 Å². The number of phosphoric ester groups is 1. The lowest BCUT2D eigenvalue weighted by atomic mass is 10.0. The fourth-order valence-corrected chi connectivity index (χ4v) is 8.58. The first-order chi connectivity index (χ1) is 31.4.